The van der Waals surface area contributed by atoms with Crippen molar-refractivity contribution in [3.8, 4) is 11.5 Å². The smallest absolute Gasteiger partial charge is 0.237 e. The van der Waals surface area contributed by atoms with Gasteiger partial charge in [0.15, 0.2) is 11.5 Å². The second-order valence-electron chi connectivity index (χ2n) is 5.24. The van der Waals surface area contributed by atoms with Crippen LogP contribution in [0.25, 0.3) is 0 Å². The first-order valence-electron chi connectivity index (χ1n) is 6.98. The van der Waals surface area contributed by atoms with Gasteiger partial charge in [0.05, 0.1) is 6.04 Å². The SMILES string of the molecule is CC(C)NC(=O)C(C)NCc1ccc2c(c1)OCCO2. The van der Waals surface area contributed by atoms with Gasteiger partial charge < -0.3 is 20.1 Å². The highest BCUT2D eigenvalue weighted by Gasteiger charge is 2.14. The Labute approximate surface area is 119 Å². The van der Waals surface area contributed by atoms with Gasteiger partial charge >= 0.3 is 0 Å². The fourth-order valence-corrected chi connectivity index (χ4v) is 1.97. The van der Waals surface area contributed by atoms with Crippen molar-refractivity contribution in [1.29, 1.82) is 0 Å². The molecular weight excluding hydrogens is 256 g/mol. The lowest BCUT2D eigenvalue weighted by Gasteiger charge is -2.20. The van der Waals surface area contributed by atoms with Crippen molar-refractivity contribution in [2.75, 3.05) is 13.2 Å². The molecule has 0 spiro atoms. The van der Waals surface area contributed by atoms with E-state index in [1.807, 2.05) is 39.0 Å². The molecule has 5 heteroatoms. The fraction of sp³-hybridized carbons (Fsp3) is 0.533. The molecule has 1 aliphatic rings. The predicted molar refractivity (Wildman–Crippen MR) is 77.0 cm³/mol. The van der Waals surface area contributed by atoms with Crippen LogP contribution in [0.2, 0.25) is 0 Å². The third kappa shape index (κ3) is 3.87. The molecule has 1 heterocycles. The lowest BCUT2D eigenvalue weighted by molar-refractivity contribution is -0.123. The highest BCUT2D eigenvalue weighted by Crippen LogP contribution is 2.30. The average molecular weight is 278 g/mol. The highest BCUT2D eigenvalue weighted by molar-refractivity contribution is 5.81. The van der Waals surface area contributed by atoms with Gasteiger partial charge in [-0.05, 0) is 38.5 Å². The Morgan fingerprint density at radius 2 is 1.90 bits per heavy atom. The second-order valence-corrected chi connectivity index (χ2v) is 5.24. The largest absolute Gasteiger partial charge is 0.486 e. The van der Waals surface area contributed by atoms with Crippen LogP contribution < -0.4 is 20.1 Å². The summed E-state index contributed by atoms with van der Waals surface area (Å²) in [6.07, 6.45) is 0. The lowest BCUT2D eigenvalue weighted by atomic mass is 10.1. The molecule has 0 radical (unpaired) electrons. The van der Waals surface area contributed by atoms with Crippen molar-refractivity contribution >= 4 is 5.91 Å². The predicted octanol–water partition coefficient (Wildman–Crippen LogP) is 1.46. The maximum Gasteiger partial charge on any atom is 0.237 e. The Bertz CT molecular complexity index is 474. The van der Waals surface area contributed by atoms with Gasteiger partial charge in [0, 0.05) is 12.6 Å². The number of ether oxygens (including phenoxy) is 2. The minimum Gasteiger partial charge on any atom is -0.486 e. The Hall–Kier alpha value is -1.75. The van der Waals surface area contributed by atoms with E-state index in [1.165, 1.54) is 0 Å². The molecule has 5 nitrogen and oxygen atoms in total. The van der Waals surface area contributed by atoms with E-state index in [4.69, 9.17) is 9.47 Å². The van der Waals surface area contributed by atoms with E-state index in [0.717, 1.165) is 17.1 Å². The zero-order chi connectivity index (χ0) is 14.5. The minimum absolute atomic E-state index is 0.0116. The number of hydrogen-bond donors (Lipinski definition) is 2. The zero-order valence-electron chi connectivity index (χ0n) is 12.2. The van der Waals surface area contributed by atoms with Crippen molar-refractivity contribution in [2.24, 2.45) is 0 Å². The van der Waals surface area contributed by atoms with Gasteiger partial charge in [0.2, 0.25) is 5.91 Å². The molecule has 1 aromatic carbocycles. The summed E-state index contributed by atoms with van der Waals surface area (Å²) >= 11 is 0. The highest BCUT2D eigenvalue weighted by atomic mass is 16.6. The summed E-state index contributed by atoms with van der Waals surface area (Å²) in [4.78, 5) is 11.8. The van der Waals surface area contributed by atoms with Crippen molar-refractivity contribution < 1.29 is 14.3 Å². The first-order chi connectivity index (χ1) is 9.56. The standard InChI is InChI=1S/C15H22N2O3/c1-10(2)17-15(18)11(3)16-9-12-4-5-13-14(8-12)20-7-6-19-13/h4-5,8,10-11,16H,6-7,9H2,1-3H3,(H,17,18). The van der Waals surface area contributed by atoms with Crippen molar-refractivity contribution in [2.45, 2.75) is 39.4 Å². The van der Waals surface area contributed by atoms with Gasteiger partial charge in [-0.15, -0.1) is 0 Å². The van der Waals surface area contributed by atoms with Gasteiger partial charge in [-0.25, -0.2) is 0 Å². The summed E-state index contributed by atoms with van der Waals surface area (Å²) in [7, 11) is 0. The third-order valence-electron chi connectivity index (χ3n) is 3.04. The number of rotatable bonds is 5. The zero-order valence-corrected chi connectivity index (χ0v) is 12.2. The number of benzene rings is 1. The van der Waals surface area contributed by atoms with Gasteiger partial charge in [-0.3, -0.25) is 4.79 Å². The quantitative estimate of drug-likeness (QED) is 0.856. The van der Waals surface area contributed by atoms with Crippen LogP contribution in [0.4, 0.5) is 0 Å². The molecular formula is C15H22N2O3. The molecule has 20 heavy (non-hydrogen) atoms. The maximum absolute atomic E-state index is 11.8. The monoisotopic (exact) mass is 278 g/mol. The number of nitrogens with one attached hydrogen (secondary N) is 2. The van der Waals surface area contributed by atoms with Gasteiger partial charge in [-0.2, -0.15) is 0 Å². The molecule has 110 valence electrons. The summed E-state index contributed by atoms with van der Waals surface area (Å²) in [5.74, 6) is 1.57. The van der Waals surface area contributed by atoms with E-state index in [-0.39, 0.29) is 18.0 Å². The molecule has 0 aromatic heterocycles. The molecule has 1 aliphatic heterocycles. The molecule has 1 unspecified atom stereocenters. The van der Waals surface area contributed by atoms with Crippen molar-refractivity contribution in [1.82, 2.24) is 10.6 Å². The third-order valence-corrected chi connectivity index (χ3v) is 3.04. The van der Waals surface area contributed by atoms with Crippen molar-refractivity contribution in [3.05, 3.63) is 23.8 Å². The Morgan fingerprint density at radius 1 is 1.20 bits per heavy atom. The first-order valence-corrected chi connectivity index (χ1v) is 6.98. The molecule has 0 fully saturated rings. The molecule has 0 saturated carbocycles. The van der Waals surface area contributed by atoms with Gasteiger partial charge in [0.1, 0.15) is 13.2 Å². The first kappa shape index (κ1) is 14.7. The van der Waals surface area contributed by atoms with Crippen LogP contribution in [0.3, 0.4) is 0 Å². The van der Waals surface area contributed by atoms with Crippen LogP contribution in [0.5, 0.6) is 11.5 Å². The number of carbonyl (C=O) groups excluding carboxylic acids is 1. The van der Waals surface area contributed by atoms with Crippen LogP contribution in [0, 0.1) is 0 Å². The van der Waals surface area contributed by atoms with Crippen LogP contribution in [-0.2, 0) is 11.3 Å². The lowest BCUT2D eigenvalue weighted by Crippen LogP contribution is -2.44. The molecule has 1 aromatic rings. The van der Waals surface area contributed by atoms with E-state index >= 15 is 0 Å². The van der Waals surface area contributed by atoms with E-state index in [1.54, 1.807) is 0 Å². The molecule has 0 bridgehead atoms. The number of hydrogen-bond acceptors (Lipinski definition) is 4. The number of fused-ring (bicyclic) bond motifs is 1. The fourth-order valence-electron chi connectivity index (χ4n) is 1.97. The summed E-state index contributed by atoms with van der Waals surface area (Å²) in [5.41, 5.74) is 1.07. The summed E-state index contributed by atoms with van der Waals surface area (Å²) in [5, 5.41) is 6.09. The molecule has 1 amide bonds. The van der Waals surface area contributed by atoms with Crippen LogP contribution in [0.1, 0.15) is 26.3 Å². The molecule has 2 N–H and O–H groups in total. The Morgan fingerprint density at radius 3 is 2.60 bits per heavy atom. The van der Waals surface area contributed by atoms with Crippen molar-refractivity contribution in [3.63, 3.8) is 0 Å². The Kier molecular flexibility index (Phi) is 4.84. The normalized spacial score (nSPS) is 15.0. The van der Waals surface area contributed by atoms with Crippen LogP contribution in [-0.4, -0.2) is 31.2 Å². The van der Waals surface area contributed by atoms with Crippen LogP contribution >= 0.6 is 0 Å². The molecule has 0 saturated heterocycles. The van der Waals surface area contributed by atoms with Gasteiger partial charge in [-0.1, -0.05) is 6.07 Å². The molecule has 0 aliphatic carbocycles. The average Bonchev–Trinajstić information content (AvgIpc) is 2.43. The van der Waals surface area contributed by atoms with E-state index in [0.29, 0.717) is 19.8 Å². The van der Waals surface area contributed by atoms with E-state index in [2.05, 4.69) is 10.6 Å². The minimum atomic E-state index is -0.231. The molecule has 2 rings (SSSR count). The molecule has 1 atom stereocenters. The summed E-state index contributed by atoms with van der Waals surface area (Å²) < 4.78 is 11.0. The second kappa shape index (κ2) is 6.61. The topological polar surface area (TPSA) is 59.6 Å². The number of carbonyl (C=O) groups is 1. The Balaban J connectivity index is 1.89. The van der Waals surface area contributed by atoms with E-state index < -0.39 is 0 Å². The summed E-state index contributed by atoms with van der Waals surface area (Å²) in [6, 6.07) is 5.76. The summed E-state index contributed by atoms with van der Waals surface area (Å²) in [6.45, 7) is 7.55. The van der Waals surface area contributed by atoms with Gasteiger partial charge in [0.25, 0.3) is 0 Å². The number of amides is 1. The van der Waals surface area contributed by atoms with E-state index in [9.17, 15) is 4.79 Å². The maximum atomic E-state index is 11.8. The van der Waals surface area contributed by atoms with Crippen LogP contribution in [0.15, 0.2) is 18.2 Å².